The van der Waals surface area contributed by atoms with E-state index in [4.69, 9.17) is 9.15 Å². The first kappa shape index (κ1) is 17.7. The summed E-state index contributed by atoms with van der Waals surface area (Å²) in [6.45, 7) is -0.254. The second-order valence-corrected chi connectivity index (χ2v) is 6.73. The van der Waals surface area contributed by atoms with Gasteiger partial charge in [0.05, 0.1) is 4.92 Å². The molecule has 4 aromatic rings. The highest BCUT2D eigenvalue weighted by Gasteiger charge is 2.16. The van der Waals surface area contributed by atoms with E-state index in [-0.39, 0.29) is 29.0 Å². The van der Waals surface area contributed by atoms with Crippen molar-refractivity contribution in [2.24, 2.45) is 0 Å². The van der Waals surface area contributed by atoms with Crippen LogP contribution >= 0.6 is 11.3 Å². The molecule has 0 fully saturated rings. The van der Waals surface area contributed by atoms with Gasteiger partial charge in [-0.05, 0) is 30.3 Å². The standard InChI is InChI=1S/C18H10FN3O5S/c19-13-2-1-3-14-12(13)8-15(28-14)18(23)26-9-16-20-21-17(27-16)10-4-6-11(7-5-10)22(24)25/h1-8H,9H2. The number of non-ortho nitro benzene ring substituents is 1. The lowest BCUT2D eigenvalue weighted by atomic mass is 10.2. The predicted molar refractivity (Wildman–Crippen MR) is 97.3 cm³/mol. The van der Waals surface area contributed by atoms with Crippen molar-refractivity contribution in [2.75, 3.05) is 0 Å². The summed E-state index contributed by atoms with van der Waals surface area (Å²) in [5.41, 5.74) is 0.438. The van der Waals surface area contributed by atoms with Crippen LogP contribution in [0.1, 0.15) is 15.6 Å². The monoisotopic (exact) mass is 399 g/mol. The average Bonchev–Trinajstić information content (AvgIpc) is 3.34. The Morgan fingerprint density at radius 3 is 2.71 bits per heavy atom. The molecule has 140 valence electrons. The van der Waals surface area contributed by atoms with Gasteiger partial charge in [0.1, 0.15) is 10.7 Å². The fraction of sp³-hybridized carbons (Fsp3) is 0.0556. The molecule has 0 atom stereocenters. The Labute approximate surface area is 160 Å². The van der Waals surface area contributed by atoms with E-state index in [1.54, 1.807) is 12.1 Å². The number of hydrogen-bond acceptors (Lipinski definition) is 8. The molecule has 0 bridgehead atoms. The van der Waals surface area contributed by atoms with E-state index in [1.807, 2.05) is 0 Å². The highest BCUT2D eigenvalue weighted by atomic mass is 32.1. The number of nitrogens with zero attached hydrogens (tertiary/aromatic N) is 3. The molecule has 0 N–H and O–H groups in total. The number of hydrogen-bond donors (Lipinski definition) is 0. The van der Waals surface area contributed by atoms with Crippen LogP contribution in [0.3, 0.4) is 0 Å². The smallest absolute Gasteiger partial charge is 0.348 e. The van der Waals surface area contributed by atoms with Crippen LogP contribution in [0.25, 0.3) is 21.5 Å². The predicted octanol–water partition coefficient (Wildman–Crippen LogP) is 4.36. The number of carbonyl (C=O) groups is 1. The van der Waals surface area contributed by atoms with Gasteiger partial charge < -0.3 is 9.15 Å². The van der Waals surface area contributed by atoms with Crippen molar-refractivity contribution in [2.45, 2.75) is 6.61 Å². The average molecular weight is 399 g/mol. The molecular formula is C18H10FN3O5S. The van der Waals surface area contributed by atoms with Crippen LogP contribution in [0, 0.1) is 15.9 Å². The van der Waals surface area contributed by atoms with Crippen molar-refractivity contribution in [1.82, 2.24) is 10.2 Å². The van der Waals surface area contributed by atoms with Crippen LogP contribution in [0.4, 0.5) is 10.1 Å². The first-order chi connectivity index (χ1) is 13.5. The Bertz CT molecular complexity index is 1190. The summed E-state index contributed by atoms with van der Waals surface area (Å²) in [5, 5.41) is 18.7. The lowest BCUT2D eigenvalue weighted by molar-refractivity contribution is -0.384. The Morgan fingerprint density at radius 1 is 1.21 bits per heavy atom. The summed E-state index contributed by atoms with van der Waals surface area (Å²) in [5.74, 6) is -0.827. The topological polar surface area (TPSA) is 108 Å². The van der Waals surface area contributed by atoms with Crippen molar-refractivity contribution >= 4 is 33.1 Å². The minimum atomic E-state index is -0.629. The molecule has 0 saturated carbocycles. The number of ether oxygens (including phenoxy) is 1. The molecule has 4 rings (SSSR count). The molecule has 0 spiro atoms. The highest BCUT2D eigenvalue weighted by Crippen LogP contribution is 2.28. The van der Waals surface area contributed by atoms with Gasteiger partial charge in [-0.25, -0.2) is 9.18 Å². The van der Waals surface area contributed by atoms with Crippen molar-refractivity contribution < 1.29 is 23.3 Å². The molecule has 0 saturated heterocycles. The summed E-state index contributed by atoms with van der Waals surface area (Å²) < 4.78 is 24.9. The van der Waals surface area contributed by atoms with Gasteiger partial charge in [0.2, 0.25) is 5.89 Å². The Morgan fingerprint density at radius 2 is 2.00 bits per heavy atom. The number of thiophene rings is 1. The van der Waals surface area contributed by atoms with Crippen molar-refractivity contribution in [1.29, 1.82) is 0 Å². The molecule has 28 heavy (non-hydrogen) atoms. The van der Waals surface area contributed by atoms with Crippen LogP contribution in [-0.2, 0) is 11.3 Å². The van der Waals surface area contributed by atoms with Gasteiger partial charge in [-0.1, -0.05) is 6.07 Å². The van der Waals surface area contributed by atoms with E-state index in [0.29, 0.717) is 15.6 Å². The number of benzene rings is 2. The largest absolute Gasteiger partial charge is 0.451 e. The van der Waals surface area contributed by atoms with Gasteiger partial charge in [-0.15, -0.1) is 21.5 Å². The van der Waals surface area contributed by atoms with Crippen molar-refractivity contribution in [3.05, 3.63) is 75.2 Å². The summed E-state index contributed by atoms with van der Waals surface area (Å²) in [7, 11) is 0. The van der Waals surface area contributed by atoms with Crippen molar-refractivity contribution in [3.8, 4) is 11.5 Å². The zero-order valence-electron chi connectivity index (χ0n) is 14.0. The van der Waals surface area contributed by atoms with Crippen LogP contribution < -0.4 is 0 Å². The van der Waals surface area contributed by atoms with Gasteiger partial charge in [-0.3, -0.25) is 10.1 Å². The molecular weight excluding hydrogens is 389 g/mol. The molecule has 0 aliphatic rings. The summed E-state index contributed by atoms with van der Waals surface area (Å²) in [4.78, 5) is 22.6. The molecule has 0 amide bonds. The lowest BCUT2D eigenvalue weighted by Crippen LogP contribution is -2.03. The number of halogens is 1. The van der Waals surface area contributed by atoms with Gasteiger partial charge in [-0.2, -0.15) is 0 Å². The van der Waals surface area contributed by atoms with E-state index in [9.17, 15) is 19.3 Å². The van der Waals surface area contributed by atoms with E-state index in [1.165, 1.54) is 36.4 Å². The number of rotatable bonds is 5. The molecule has 0 radical (unpaired) electrons. The number of nitro benzene ring substituents is 1. The Kier molecular flexibility index (Phi) is 4.53. The fourth-order valence-electron chi connectivity index (χ4n) is 2.48. The lowest BCUT2D eigenvalue weighted by Gasteiger charge is -1.98. The summed E-state index contributed by atoms with van der Waals surface area (Å²) in [6, 6.07) is 11.6. The molecule has 2 aromatic heterocycles. The van der Waals surface area contributed by atoms with Crippen LogP contribution in [-0.4, -0.2) is 21.1 Å². The van der Waals surface area contributed by atoms with Gasteiger partial charge >= 0.3 is 5.97 Å². The third kappa shape index (κ3) is 3.45. The van der Waals surface area contributed by atoms with Crippen LogP contribution in [0.15, 0.2) is 52.9 Å². The maximum Gasteiger partial charge on any atom is 0.348 e. The van der Waals surface area contributed by atoms with Gasteiger partial charge in [0.15, 0.2) is 6.61 Å². The number of aromatic nitrogens is 2. The molecule has 2 aromatic carbocycles. The zero-order valence-corrected chi connectivity index (χ0v) is 14.8. The van der Waals surface area contributed by atoms with Crippen molar-refractivity contribution in [3.63, 3.8) is 0 Å². The second-order valence-electron chi connectivity index (χ2n) is 5.64. The van der Waals surface area contributed by atoms with Gasteiger partial charge in [0.25, 0.3) is 11.6 Å². The molecule has 0 aliphatic heterocycles. The molecule has 8 nitrogen and oxygen atoms in total. The third-order valence-corrected chi connectivity index (χ3v) is 4.91. The van der Waals surface area contributed by atoms with Crippen LogP contribution in [0.2, 0.25) is 0 Å². The number of nitro groups is 1. The second kappa shape index (κ2) is 7.16. The summed E-state index contributed by atoms with van der Waals surface area (Å²) in [6.07, 6.45) is 0. The Hall–Kier alpha value is -3.66. The molecule has 0 aliphatic carbocycles. The quantitative estimate of drug-likeness (QED) is 0.279. The van der Waals surface area contributed by atoms with E-state index in [0.717, 1.165) is 11.3 Å². The SMILES string of the molecule is O=C(OCc1nnc(-c2ccc([N+](=O)[O-])cc2)o1)c1cc2c(F)cccc2s1. The highest BCUT2D eigenvalue weighted by molar-refractivity contribution is 7.20. The fourth-order valence-corrected chi connectivity index (χ4v) is 3.45. The molecule has 0 unspecified atom stereocenters. The summed E-state index contributed by atoms with van der Waals surface area (Å²) >= 11 is 1.12. The number of fused-ring (bicyclic) bond motifs is 1. The minimum Gasteiger partial charge on any atom is -0.451 e. The number of esters is 1. The minimum absolute atomic E-state index is 0.0582. The third-order valence-electron chi connectivity index (χ3n) is 3.83. The first-order valence-corrected chi connectivity index (χ1v) is 8.75. The van der Waals surface area contributed by atoms with Crippen LogP contribution in [0.5, 0.6) is 0 Å². The van der Waals surface area contributed by atoms with E-state index >= 15 is 0 Å². The van der Waals surface area contributed by atoms with E-state index in [2.05, 4.69) is 10.2 Å². The normalized spacial score (nSPS) is 10.9. The maximum atomic E-state index is 13.7. The van der Waals surface area contributed by atoms with E-state index < -0.39 is 16.7 Å². The zero-order chi connectivity index (χ0) is 19.7. The maximum absolute atomic E-state index is 13.7. The molecule has 2 heterocycles. The van der Waals surface area contributed by atoms with Gasteiger partial charge in [0, 0.05) is 27.8 Å². The Balaban J connectivity index is 1.44. The number of carbonyl (C=O) groups excluding carboxylic acids is 1. The first-order valence-electron chi connectivity index (χ1n) is 7.93. The molecule has 10 heteroatoms.